The molecule has 4 aromatic rings. The minimum atomic E-state index is -0.913. The quantitative estimate of drug-likeness (QED) is 0.281. The summed E-state index contributed by atoms with van der Waals surface area (Å²) in [5.74, 6) is -0.860. The summed E-state index contributed by atoms with van der Waals surface area (Å²) in [7, 11) is 0. The van der Waals surface area contributed by atoms with E-state index in [-0.39, 0.29) is 5.78 Å². The zero-order chi connectivity index (χ0) is 21.8. The van der Waals surface area contributed by atoms with E-state index in [1.807, 2.05) is 61.5 Å². The van der Waals surface area contributed by atoms with Crippen LogP contribution in [0.1, 0.15) is 34.2 Å². The van der Waals surface area contributed by atoms with Crippen LogP contribution in [0.2, 0.25) is 0 Å². The minimum Gasteiger partial charge on any atom is -0.451 e. The first-order valence-electron chi connectivity index (χ1n) is 9.95. The van der Waals surface area contributed by atoms with Crippen LogP contribution in [0.4, 0.5) is 0 Å². The Morgan fingerprint density at radius 3 is 2.68 bits per heavy atom. The van der Waals surface area contributed by atoms with Gasteiger partial charge in [0.05, 0.1) is 12.7 Å². The molecule has 0 bridgehead atoms. The number of para-hydroxylation sites is 1. The number of hydrogen-bond acceptors (Lipinski definition) is 5. The van der Waals surface area contributed by atoms with E-state index in [0.717, 1.165) is 22.2 Å². The number of nitrogens with zero attached hydrogens (tertiary/aromatic N) is 3. The number of esters is 1. The molecule has 0 saturated carbocycles. The van der Waals surface area contributed by atoms with Gasteiger partial charge in [0.2, 0.25) is 5.78 Å². The summed E-state index contributed by atoms with van der Waals surface area (Å²) in [6.45, 7) is 3.99. The second kappa shape index (κ2) is 8.79. The van der Waals surface area contributed by atoms with Crippen LogP contribution < -0.4 is 0 Å². The molecule has 0 spiro atoms. The second-order valence-corrected chi connectivity index (χ2v) is 7.27. The molecule has 0 radical (unpaired) electrons. The molecule has 0 aliphatic carbocycles. The highest BCUT2D eigenvalue weighted by Gasteiger charge is 2.23. The third kappa shape index (κ3) is 4.61. The number of rotatable bonds is 7. The number of aromatic nitrogens is 4. The van der Waals surface area contributed by atoms with Gasteiger partial charge in [-0.2, -0.15) is 0 Å². The van der Waals surface area contributed by atoms with Crippen LogP contribution in [0.15, 0.2) is 66.9 Å². The normalized spacial score (nSPS) is 12.3. The predicted molar refractivity (Wildman–Crippen MR) is 118 cm³/mol. The second-order valence-electron chi connectivity index (χ2n) is 7.27. The molecule has 2 heterocycles. The Bertz CT molecular complexity index is 1250. The van der Waals surface area contributed by atoms with Crippen LogP contribution in [0.25, 0.3) is 17.0 Å². The van der Waals surface area contributed by atoms with Crippen molar-refractivity contribution in [1.29, 1.82) is 0 Å². The number of fused-ring (bicyclic) bond motifs is 1. The maximum absolute atomic E-state index is 12.9. The molecule has 7 nitrogen and oxygen atoms in total. The molecule has 2 aromatic carbocycles. The molecule has 0 aliphatic heterocycles. The number of hydrogen-bond donors (Lipinski definition) is 1. The van der Waals surface area contributed by atoms with E-state index in [4.69, 9.17) is 4.74 Å². The molecule has 1 N–H and O–H groups in total. The van der Waals surface area contributed by atoms with E-state index in [0.29, 0.717) is 17.8 Å². The highest BCUT2D eigenvalue weighted by atomic mass is 16.5. The lowest BCUT2D eigenvalue weighted by atomic mass is 10.0. The van der Waals surface area contributed by atoms with Gasteiger partial charge in [-0.3, -0.25) is 4.79 Å². The van der Waals surface area contributed by atoms with Crippen molar-refractivity contribution < 1.29 is 14.3 Å². The molecular weight excluding hydrogens is 392 g/mol. The summed E-state index contributed by atoms with van der Waals surface area (Å²) in [6.07, 6.45) is 3.60. The van der Waals surface area contributed by atoms with E-state index in [1.165, 1.54) is 12.2 Å². The van der Waals surface area contributed by atoms with Crippen LogP contribution in [0.5, 0.6) is 0 Å². The van der Waals surface area contributed by atoms with E-state index in [1.54, 1.807) is 17.8 Å². The highest BCUT2D eigenvalue weighted by Crippen LogP contribution is 2.23. The molecule has 2 aromatic heterocycles. The van der Waals surface area contributed by atoms with Crippen LogP contribution >= 0.6 is 0 Å². The van der Waals surface area contributed by atoms with Gasteiger partial charge in [0.15, 0.2) is 6.10 Å². The van der Waals surface area contributed by atoms with Crippen molar-refractivity contribution in [2.24, 2.45) is 0 Å². The summed E-state index contributed by atoms with van der Waals surface area (Å²) in [4.78, 5) is 28.3. The number of H-pyrrole nitrogens is 1. The molecule has 7 heteroatoms. The fraction of sp³-hybridized carbons (Fsp3) is 0.167. The third-order valence-electron chi connectivity index (χ3n) is 4.94. The van der Waals surface area contributed by atoms with Gasteiger partial charge in [0.1, 0.15) is 5.69 Å². The Labute approximate surface area is 179 Å². The van der Waals surface area contributed by atoms with Gasteiger partial charge in [-0.05, 0) is 31.6 Å². The molecule has 0 fully saturated rings. The van der Waals surface area contributed by atoms with Gasteiger partial charge in [-0.1, -0.05) is 53.7 Å². The Hall–Kier alpha value is -4.00. The van der Waals surface area contributed by atoms with Crippen molar-refractivity contribution >= 4 is 28.7 Å². The van der Waals surface area contributed by atoms with Gasteiger partial charge in [0, 0.05) is 28.2 Å². The number of ketones is 1. The fourth-order valence-electron chi connectivity index (χ4n) is 3.46. The summed E-state index contributed by atoms with van der Waals surface area (Å²) in [5.41, 5.74) is 3.80. The van der Waals surface area contributed by atoms with Gasteiger partial charge in [-0.15, -0.1) is 5.10 Å². The van der Waals surface area contributed by atoms with Gasteiger partial charge in [-0.25, -0.2) is 9.48 Å². The zero-order valence-electron chi connectivity index (χ0n) is 17.3. The lowest BCUT2D eigenvalue weighted by molar-refractivity contribution is -0.140. The first-order valence-corrected chi connectivity index (χ1v) is 9.95. The molecule has 0 unspecified atom stereocenters. The van der Waals surface area contributed by atoms with Crippen molar-refractivity contribution in [1.82, 2.24) is 20.0 Å². The van der Waals surface area contributed by atoms with Gasteiger partial charge >= 0.3 is 5.97 Å². The van der Waals surface area contributed by atoms with Crippen LogP contribution in [0.3, 0.4) is 0 Å². The number of carbonyl (C=O) groups excluding carboxylic acids is 2. The Morgan fingerprint density at radius 1 is 1.13 bits per heavy atom. The topological polar surface area (TPSA) is 89.9 Å². The highest BCUT2D eigenvalue weighted by molar-refractivity contribution is 6.11. The average Bonchev–Trinajstić information content (AvgIpc) is 3.35. The fourth-order valence-corrected chi connectivity index (χ4v) is 3.46. The first-order chi connectivity index (χ1) is 15.0. The van der Waals surface area contributed by atoms with Crippen molar-refractivity contribution in [3.8, 4) is 0 Å². The monoisotopic (exact) mass is 414 g/mol. The SMILES string of the molecule is Cc1[nH]c2ccccc2c1C(=O)[C@H](C)OC(=O)/C=C/c1cn(Cc2ccccc2)nn1. The molecular formula is C24H22N4O3. The zero-order valence-corrected chi connectivity index (χ0v) is 17.3. The lowest BCUT2D eigenvalue weighted by Gasteiger charge is -2.11. The Balaban J connectivity index is 1.38. The summed E-state index contributed by atoms with van der Waals surface area (Å²) in [5, 5.41) is 8.91. The Morgan fingerprint density at radius 2 is 1.87 bits per heavy atom. The number of aromatic amines is 1. The number of aryl methyl sites for hydroxylation is 1. The summed E-state index contributed by atoms with van der Waals surface area (Å²) < 4.78 is 7.01. The molecule has 0 aliphatic rings. The smallest absolute Gasteiger partial charge is 0.331 e. The van der Waals surface area contributed by atoms with Crippen LogP contribution in [-0.4, -0.2) is 37.8 Å². The van der Waals surface area contributed by atoms with Crippen LogP contribution in [0, 0.1) is 6.92 Å². The number of benzene rings is 2. The largest absolute Gasteiger partial charge is 0.451 e. The third-order valence-corrected chi connectivity index (χ3v) is 4.94. The Kier molecular flexibility index (Phi) is 5.75. The predicted octanol–water partition coefficient (Wildman–Crippen LogP) is 3.94. The van der Waals surface area contributed by atoms with Crippen molar-refractivity contribution in [2.45, 2.75) is 26.5 Å². The lowest BCUT2D eigenvalue weighted by Crippen LogP contribution is -2.24. The number of Topliss-reactive ketones (excluding diaryl/α,β-unsaturated/α-hetero) is 1. The summed E-state index contributed by atoms with van der Waals surface area (Å²) >= 11 is 0. The maximum atomic E-state index is 12.9. The number of carbonyl (C=O) groups is 2. The molecule has 31 heavy (non-hydrogen) atoms. The summed E-state index contributed by atoms with van der Waals surface area (Å²) in [6, 6.07) is 17.4. The van der Waals surface area contributed by atoms with Crippen LogP contribution in [-0.2, 0) is 16.1 Å². The molecule has 1 atom stereocenters. The average molecular weight is 414 g/mol. The standard InChI is InChI=1S/C24H22N4O3/c1-16-23(20-10-6-7-11-21(20)25-16)24(30)17(2)31-22(29)13-12-19-15-28(27-26-19)14-18-8-4-3-5-9-18/h3-13,15,17,25H,14H2,1-2H3/b13-12+/t17-/m0/s1. The minimum absolute atomic E-state index is 0.245. The van der Waals surface area contributed by atoms with Gasteiger partial charge < -0.3 is 9.72 Å². The first kappa shape index (κ1) is 20.3. The van der Waals surface area contributed by atoms with E-state index in [9.17, 15) is 9.59 Å². The maximum Gasteiger partial charge on any atom is 0.331 e. The van der Waals surface area contributed by atoms with E-state index < -0.39 is 12.1 Å². The number of nitrogens with one attached hydrogen (secondary N) is 1. The molecule has 4 rings (SSSR count). The van der Waals surface area contributed by atoms with E-state index >= 15 is 0 Å². The van der Waals surface area contributed by atoms with E-state index in [2.05, 4.69) is 15.3 Å². The van der Waals surface area contributed by atoms with Crippen molar-refractivity contribution in [3.63, 3.8) is 0 Å². The van der Waals surface area contributed by atoms with Gasteiger partial charge in [0.25, 0.3) is 0 Å². The molecule has 0 saturated heterocycles. The number of ether oxygens (including phenoxy) is 1. The molecule has 156 valence electrons. The van der Waals surface area contributed by atoms with Crippen molar-refractivity contribution in [2.75, 3.05) is 0 Å². The molecule has 0 amide bonds. The van der Waals surface area contributed by atoms with Crippen molar-refractivity contribution in [3.05, 3.63) is 89.4 Å².